The van der Waals surface area contributed by atoms with Gasteiger partial charge in [-0.1, -0.05) is 106 Å². The second-order valence-electron chi connectivity index (χ2n) is 40.5. The molecule has 13 rings (SSSR count). The first-order chi connectivity index (χ1) is 69.9. The largest absolute Gasteiger partial charge is 0.507 e. The van der Waals surface area contributed by atoms with Gasteiger partial charge in [0, 0.05) is 151 Å². The highest BCUT2D eigenvalue weighted by Gasteiger charge is 2.49. The minimum atomic E-state index is -4.44. The molecule has 37 heteroatoms. The van der Waals surface area contributed by atoms with E-state index in [1.807, 2.05) is 124 Å². The van der Waals surface area contributed by atoms with E-state index >= 15 is 0 Å². The van der Waals surface area contributed by atoms with Gasteiger partial charge in [0.15, 0.2) is 29.2 Å². The summed E-state index contributed by atoms with van der Waals surface area (Å²) in [5, 5.41) is 36.5. The van der Waals surface area contributed by atoms with Gasteiger partial charge in [0.1, 0.15) is 36.1 Å². The number of carbonyl (C=O) groups excluding carboxylic acids is 5. The average Bonchev–Trinajstić information content (AvgIpc) is 1.55. The Kier molecular flexibility index (Phi) is 39.8. The lowest BCUT2D eigenvalue weighted by atomic mass is 9.81. The number of para-hydroxylation sites is 1. The van der Waals surface area contributed by atoms with Crippen LogP contribution >= 0.6 is 0 Å². The van der Waals surface area contributed by atoms with E-state index in [0.29, 0.717) is 186 Å². The van der Waals surface area contributed by atoms with Gasteiger partial charge in [0.25, 0.3) is 43.9 Å². The Morgan fingerprint density at radius 1 is 0.446 bits per heavy atom. The summed E-state index contributed by atoms with van der Waals surface area (Å²) in [6.07, 6.45) is 26.7. The summed E-state index contributed by atoms with van der Waals surface area (Å²) in [7, 11) is -12.0. The fourth-order valence-corrected chi connectivity index (χ4v) is 21.1. The molecule has 7 aliphatic rings. The van der Waals surface area contributed by atoms with Crippen LogP contribution in [0.15, 0.2) is 161 Å². The third kappa shape index (κ3) is 28.0. The van der Waals surface area contributed by atoms with Crippen LogP contribution in [0, 0.1) is 48.5 Å². The summed E-state index contributed by atoms with van der Waals surface area (Å²) >= 11 is 0. The first kappa shape index (κ1) is 116. The lowest BCUT2D eigenvalue weighted by Gasteiger charge is -2.36. The molecule has 1 fully saturated rings. The summed E-state index contributed by atoms with van der Waals surface area (Å²) in [5.41, 5.74) is 16.2. The maximum absolute atomic E-state index is 13.2. The van der Waals surface area contributed by atoms with Crippen molar-refractivity contribution < 1.29 is 135 Å². The molecule has 7 heterocycles. The van der Waals surface area contributed by atoms with Gasteiger partial charge in [-0.25, -0.2) is 4.79 Å². The molecule has 7 N–H and O–H groups in total. The number of allylic oxidation sites excluding steroid dienone is 12. The number of hydrogen-bond acceptors (Lipinski definition) is 26. The van der Waals surface area contributed by atoms with Gasteiger partial charge in [-0.2, -0.15) is 26.0 Å². The highest BCUT2D eigenvalue weighted by atomic mass is 32.2. The normalized spacial score (nSPS) is 18.7. The molecule has 0 aromatic heterocycles. The first-order valence-corrected chi connectivity index (χ1v) is 54.3. The summed E-state index contributed by atoms with van der Waals surface area (Å²) in [4.78, 5) is 82.7. The topological polar surface area (TPSA) is 446 Å². The third-order valence-electron chi connectivity index (χ3n) is 28.8. The van der Waals surface area contributed by atoms with E-state index in [9.17, 15) is 64.9 Å². The number of rotatable bonds is 47. The van der Waals surface area contributed by atoms with Crippen LogP contribution in [0.5, 0.6) is 23.0 Å². The number of nitrogens with one attached hydrogen (secondary N) is 2. The van der Waals surface area contributed by atoms with Crippen LogP contribution in [0.1, 0.15) is 219 Å². The average molecular weight is 2110 g/mol. The molecular weight excluding hydrogens is 1960 g/mol. The zero-order chi connectivity index (χ0) is 108. The minimum Gasteiger partial charge on any atom is -0.507 e. The number of anilines is 2. The molecule has 0 spiro atoms. The second kappa shape index (κ2) is 50.6. The number of fused-ring (bicyclic) bond motifs is 6. The Hall–Kier alpha value is -11.9. The Balaban J connectivity index is 0.000000272. The van der Waals surface area contributed by atoms with Crippen molar-refractivity contribution >= 4 is 101 Å². The second-order valence-corrected chi connectivity index (χ2v) is 43.7. The number of amides is 4. The summed E-state index contributed by atoms with van der Waals surface area (Å²) in [6.45, 7) is 41.9. The number of benzene rings is 6. The molecule has 6 aromatic carbocycles. The fourth-order valence-electron chi connectivity index (χ4n) is 20.0. The number of hydrogen-bond donors (Lipinski definition) is 7. The molecule has 2 unspecified atom stereocenters. The number of phenolic OH excluding ortho intramolecular Hbond substituents is 2. The van der Waals surface area contributed by atoms with E-state index in [1.54, 1.807) is 32.0 Å². The maximum atomic E-state index is 13.2. The molecule has 34 nitrogen and oxygen atoms in total. The van der Waals surface area contributed by atoms with Gasteiger partial charge in [0.05, 0.1) is 93.3 Å². The minimum absolute atomic E-state index is 0.0306. The highest BCUT2D eigenvalue weighted by molar-refractivity contribution is 7.86. The number of phenols is 2. The summed E-state index contributed by atoms with van der Waals surface area (Å²) < 4.78 is 146. The molecule has 6 aromatic rings. The van der Waals surface area contributed by atoms with Crippen LogP contribution < -0.4 is 29.9 Å². The number of carboxylic acids is 1. The lowest BCUT2D eigenvalue weighted by molar-refractivity contribution is -0.442. The standard InChI is InChI=1S/C57H72N4O13S.C54H71N3O11S.O3S/c1-38-39(2)53-42(40(3)52(38)65)26-27-57(8,73-53)54(66)58-28-31-70-33-35-72-36-34-71-32-30-60-45-18-15-14-17-43(45)55(4,5)47(60)19-11-9-12-20-48-56(6,7)44-37-41(75(67,68)69)22-23-46(44)59(48)29-16-10-13-21-51(64)74-61-49(62)24-25-50(61)63;1-36-19-21-44-42(34-36)52(5,6)47(17-13-10-12-16-46-53(7,8)43-35-40(69(62,63)64)20-22-45(43)56(46)26-15-11-14-18-48(58)59)57(44)27-29-66-31-33-67-32-30-65-28-25-55-51(61)54(9)24-23-41-39(4)49(60)37(2)38(3)50(41)68-54;1-4(2)3/h9,11-12,14-15,17-20,22-23,37H,10,13,16,21,24-36H2,1-8H3,(H2-,58,65,66,67,68,69);10,12-13,16-17,19-22,34-35H,11,14-15,18,23-33H2,1-9H3,(H3-,55,58,59,60,61,62,63,64);/p+2. The van der Waals surface area contributed by atoms with E-state index in [2.05, 4.69) is 113 Å². The van der Waals surface area contributed by atoms with Gasteiger partial charge < -0.3 is 78.5 Å². The zero-order valence-electron chi connectivity index (χ0n) is 88.1. The van der Waals surface area contributed by atoms with E-state index in [-0.39, 0.29) is 69.6 Å². The van der Waals surface area contributed by atoms with Crippen molar-refractivity contribution in [2.45, 2.75) is 250 Å². The smallest absolute Gasteiger partial charge is 0.425 e. The summed E-state index contributed by atoms with van der Waals surface area (Å²) in [6, 6.07) is 24.2. The monoisotopic (exact) mass is 2100 g/mol. The Labute approximate surface area is 870 Å². The van der Waals surface area contributed by atoms with E-state index < -0.39 is 76.6 Å². The Morgan fingerprint density at radius 3 is 1.36 bits per heavy atom. The number of aryl methyl sites for hydroxylation is 1. The quantitative estimate of drug-likeness (QED) is 0.00613. The number of carboxylic acid groups (broad SMARTS) is 1. The zero-order valence-corrected chi connectivity index (χ0v) is 90.5. The van der Waals surface area contributed by atoms with Gasteiger partial charge in [0.2, 0.25) is 11.4 Å². The predicted molar refractivity (Wildman–Crippen MR) is 561 cm³/mol. The fraction of sp³-hybridized carbons (Fsp3) is 0.495. The molecule has 0 saturated carbocycles. The molecule has 0 aliphatic carbocycles. The molecule has 4 amide bonds. The Morgan fingerprint density at radius 2 is 0.865 bits per heavy atom. The van der Waals surface area contributed by atoms with Crippen molar-refractivity contribution in [3.63, 3.8) is 0 Å². The van der Waals surface area contributed by atoms with Gasteiger partial charge in [-0.3, -0.25) is 33.1 Å². The predicted octanol–water partition coefficient (Wildman–Crippen LogP) is 15.5. The Bertz CT molecular complexity index is 6570. The first-order valence-electron chi connectivity index (χ1n) is 50.4. The van der Waals surface area contributed by atoms with Gasteiger partial charge in [-0.05, 0) is 222 Å². The van der Waals surface area contributed by atoms with Crippen LogP contribution in [-0.2, 0) is 127 Å². The van der Waals surface area contributed by atoms with E-state index in [0.717, 1.165) is 114 Å². The van der Waals surface area contributed by atoms with Crippen LogP contribution in [0.4, 0.5) is 22.7 Å². The molecule has 802 valence electrons. The number of unbranched alkanes of at least 4 members (excludes halogenated alkanes) is 4. The number of carbonyl (C=O) groups is 6. The van der Waals surface area contributed by atoms with Crippen LogP contribution in [0.2, 0.25) is 0 Å². The van der Waals surface area contributed by atoms with Crippen molar-refractivity contribution in [1.29, 1.82) is 0 Å². The maximum Gasteiger partial charge on any atom is 0.425 e. The molecule has 0 radical (unpaired) electrons. The number of imide groups is 1. The molecular formula is C111H145N7O27S3+2. The van der Waals surface area contributed by atoms with Gasteiger partial charge >= 0.3 is 22.5 Å². The van der Waals surface area contributed by atoms with Crippen molar-refractivity contribution in [3.8, 4) is 23.0 Å². The van der Waals surface area contributed by atoms with Crippen molar-refractivity contribution in [2.24, 2.45) is 0 Å². The van der Waals surface area contributed by atoms with Crippen LogP contribution in [0.3, 0.4) is 0 Å². The third-order valence-corrected chi connectivity index (χ3v) is 30.5. The van der Waals surface area contributed by atoms with Gasteiger partial charge in [-0.15, -0.1) is 17.7 Å². The van der Waals surface area contributed by atoms with Crippen molar-refractivity contribution in [1.82, 2.24) is 15.7 Å². The van der Waals surface area contributed by atoms with Crippen LogP contribution in [-0.4, -0.2) is 245 Å². The number of ether oxygens (including phenoxy) is 8. The number of aromatic hydroxyl groups is 2. The molecule has 2 atom stereocenters. The number of hydroxylamine groups is 2. The SMILES string of the molecule is Cc1c(C)c2c(c(C)c1O)CCC(C)(C(=O)NCCOCCOCCOCC[N+]1=C(/C=C/C=C/C=C3/N(CCCCCC(=O)ON4C(=O)CCC4=O)c4ccc(S(=O)(=O)O)cc4C3(C)C)C(C)(C)c3ccccc31)O2.Cc1ccc2c(c1)C(C)(C)C(=CC=CC=CC1=[N+](CCCCCC(=O)O)c3ccc(S(=O)(=O)O)cc3C1(C)C)N2CCOCCOCCOCCNC(=O)C1(C)CCc2c(C)c(O)c(C)c(C)c2O1.O=S(=O)=O. The van der Waals surface area contributed by atoms with Crippen molar-refractivity contribution in [3.05, 3.63) is 223 Å². The molecule has 1 saturated heterocycles. The number of aliphatic carboxylic acids is 1. The van der Waals surface area contributed by atoms with E-state index in [4.69, 9.17) is 60.5 Å². The van der Waals surface area contributed by atoms with Crippen LogP contribution in [0.25, 0.3) is 0 Å². The summed E-state index contributed by atoms with van der Waals surface area (Å²) in [5.74, 6) is -0.935. The molecule has 7 aliphatic heterocycles. The van der Waals surface area contributed by atoms with E-state index in [1.165, 1.54) is 34.9 Å². The van der Waals surface area contributed by atoms with Crippen molar-refractivity contribution in [2.75, 3.05) is 128 Å². The highest BCUT2D eigenvalue weighted by Crippen LogP contribution is 2.52. The molecule has 0 bridgehead atoms. The lowest BCUT2D eigenvalue weighted by Crippen LogP contribution is -2.51. The molecule has 148 heavy (non-hydrogen) atoms. The number of nitrogens with zero attached hydrogens (tertiary/aromatic N) is 5.